The second-order valence-electron chi connectivity index (χ2n) is 6.11. The van der Waals surface area contributed by atoms with E-state index in [2.05, 4.69) is 65.7 Å². The highest BCUT2D eigenvalue weighted by molar-refractivity contribution is 14.1. The molecule has 0 amide bonds. The molecule has 21 heavy (non-hydrogen) atoms. The molecule has 0 fully saturated rings. The Balaban J connectivity index is 1.92. The molecule has 0 atom stereocenters. The molecule has 2 nitrogen and oxygen atoms in total. The maximum Gasteiger partial charge on any atom is 0.146 e. The number of aromatic nitrogens is 2. The topological polar surface area (TPSA) is 25.8 Å². The lowest BCUT2D eigenvalue weighted by atomic mass is 10.0. The van der Waals surface area contributed by atoms with E-state index in [0.717, 1.165) is 34.4 Å². The summed E-state index contributed by atoms with van der Waals surface area (Å²) in [5.41, 5.74) is 3.94. The molecule has 0 unspecified atom stereocenters. The van der Waals surface area contributed by atoms with Gasteiger partial charge in [-0.3, -0.25) is 0 Å². The van der Waals surface area contributed by atoms with Gasteiger partial charge in [0.1, 0.15) is 11.0 Å². The Bertz CT molecular complexity index is 645. The highest BCUT2D eigenvalue weighted by Crippen LogP contribution is 2.33. The zero-order valence-corrected chi connectivity index (χ0v) is 15.1. The SMILES string of the molecule is CC(C)Cc1nc(C2Cc3ccccc3C2)nc(Cl)c1I. The fourth-order valence-corrected chi connectivity index (χ4v) is 3.58. The number of hydrogen-bond donors (Lipinski definition) is 0. The van der Waals surface area contributed by atoms with Crippen molar-refractivity contribution in [2.45, 2.75) is 39.0 Å². The summed E-state index contributed by atoms with van der Waals surface area (Å²) in [5.74, 6) is 1.84. The van der Waals surface area contributed by atoms with Crippen LogP contribution in [0.3, 0.4) is 0 Å². The maximum atomic E-state index is 6.33. The molecule has 1 aliphatic rings. The third-order valence-electron chi connectivity index (χ3n) is 3.91. The van der Waals surface area contributed by atoms with Gasteiger partial charge in [0.25, 0.3) is 0 Å². The van der Waals surface area contributed by atoms with Crippen molar-refractivity contribution in [1.29, 1.82) is 0 Å². The van der Waals surface area contributed by atoms with Gasteiger partial charge in [0.2, 0.25) is 0 Å². The molecule has 2 aromatic rings. The lowest BCUT2D eigenvalue weighted by Crippen LogP contribution is -2.10. The van der Waals surface area contributed by atoms with E-state index >= 15 is 0 Å². The second-order valence-corrected chi connectivity index (χ2v) is 7.54. The Hall–Kier alpha value is -0.680. The van der Waals surface area contributed by atoms with Gasteiger partial charge >= 0.3 is 0 Å². The average Bonchev–Trinajstić information content (AvgIpc) is 2.87. The summed E-state index contributed by atoms with van der Waals surface area (Å²) in [4.78, 5) is 9.39. The van der Waals surface area contributed by atoms with Gasteiger partial charge in [-0.05, 0) is 58.9 Å². The van der Waals surface area contributed by atoms with Crippen LogP contribution in [-0.2, 0) is 19.3 Å². The molecule has 1 aromatic heterocycles. The smallest absolute Gasteiger partial charge is 0.146 e. The molecule has 0 saturated heterocycles. The predicted molar refractivity (Wildman–Crippen MR) is 94.9 cm³/mol. The molecule has 0 spiro atoms. The maximum absolute atomic E-state index is 6.33. The van der Waals surface area contributed by atoms with E-state index in [4.69, 9.17) is 16.6 Å². The van der Waals surface area contributed by atoms with Crippen molar-refractivity contribution in [2.24, 2.45) is 5.92 Å². The zero-order chi connectivity index (χ0) is 15.0. The van der Waals surface area contributed by atoms with Gasteiger partial charge in [0.15, 0.2) is 0 Å². The van der Waals surface area contributed by atoms with Gasteiger partial charge in [-0.1, -0.05) is 49.7 Å². The molecule has 0 bridgehead atoms. The molecule has 110 valence electrons. The third-order valence-corrected chi connectivity index (χ3v) is 5.64. The van der Waals surface area contributed by atoms with Crippen LogP contribution < -0.4 is 0 Å². The Kier molecular flexibility index (Phi) is 4.50. The summed E-state index contributed by atoms with van der Waals surface area (Å²) in [6.07, 6.45) is 3.00. The van der Waals surface area contributed by atoms with Crippen LogP contribution in [0.2, 0.25) is 5.15 Å². The fraction of sp³-hybridized carbons (Fsp3) is 0.412. The van der Waals surface area contributed by atoms with Crippen LogP contribution in [0.15, 0.2) is 24.3 Å². The number of rotatable bonds is 3. The minimum absolute atomic E-state index is 0.364. The molecule has 0 aliphatic heterocycles. The van der Waals surface area contributed by atoms with Crippen LogP contribution in [0.5, 0.6) is 0 Å². The largest absolute Gasteiger partial charge is 0.236 e. The van der Waals surface area contributed by atoms with Gasteiger partial charge < -0.3 is 0 Å². The quantitative estimate of drug-likeness (QED) is 0.534. The standard InChI is InChI=1S/C17H18ClIN2/c1-10(2)7-14-15(19)16(18)21-17(20-14)13-8-11-5-3-4-6-12(11)9-13/h3-6,10,13H,7-9H2,1-2H3. The van der Waals surface area contributed by atoms with Crippen molar-refractivity contribution < 1.29 is 0 Å². The van der Waals surface area contributed by atoms with Crippen molar-refractivity contribution in [3.63, 3.8) is 0 Å². The molecule has 3 rings (SSSR count). The van der Waals surface area contributed by atoms with Crippen molar-refractivity contribution in [3.8, 4) is 0 Å². The minimum atomic E-state index is 0.364. The van der Waals surface area contributed by atoms with E-state index in [-0.39, 0.29) is 0 Å². The number of fused-ring (bicyclic) bond motifs is 1. The lowest BCUT2D eigenvalue weighted by Gasteiger charge is -2.13. The fourth-order valence-electron chi connectivity index (χ4n) is 2.93. The monoisotopic (exact) mass is 412 g/mol. The van der Waals surface area contributed by atoms with Crippen molar-refractivity contribution >= 4 is 34.2 Å². The first kappa shape index (κ1) is 15.2. The van der Waals surface area contributed by atoms with E-state index in [9.17, 15) is 0 Å². The first-order chi connectivity index (χ1) is 10.0. The molecule has 1 aliphatic carbocycles. The summed E-state index contributed by atoms with van der Waals surface area (Å²) in [5, 5.41) is 0.604. The first-order valence-corrected chi connectivity index (χ1v) is 8.79. The van der Waals surface area contributed by atoms with Crippen LogP contribution in [0.25, 0.3) is 0 Å². The van der Waals surface area contributed by atoms with E-state index in [1.54, 1.807) is 0 Å². The highest BCUT2D eigenvalue weighted by Gasteiger charge is 2.26. The Morgan fingerprint density at radius 1 is 1.19 bits per heavy atom. The number of benzene rings is 1. The Morgan fingerprint density at radius 2 is 1.81 bits per heavy atom. The van der Waals surface area contributed by atoms with Crippen molar-refractivity contribution in [1.82, 2.24) is 9.97 Å². The Morgan fingerprint density at radius 3 is 2.38 bits per heavy atom. The molecule has 0 N–H and O–H groups in total. The molecule has 0 saturated carbocycles. The average molecular weight is 413 g/mol. The zero-order valence-electron chi connectivity index (χ0n) is 12.2. The van der Waals surface area contributed by atoms with Gasteiger partial charge in [0.05, 0.1) is 9.26 Å². The van der Waals surface area contributed by atoms with Crippen LogP contribution in [0.4, 0.5) is 0 Å². The third kappa shape index (κ3) is 3.24. The van der Waals surface area contributed by atoms with E-state index in [0.29, 0.717) is 17.0 Å². The van der Waals surface area contributed by atoms with Crippen molar-refractivity contribution in [2.75, 3.05) is 0 Å². The van der Waals surface area contributed by atoms with E-state index in [1.807, 2.05) is 0 Å². The van der Waals surface area contributed by atoms with Crippen LogP contribution in [0, 0.1) is 9.49 Å². The first-order valence-electron chi connectivity index (χ1n) is 7.33. The van der Waals surface area contributed by atoms with Crippen LogP contribution in [-0.4, -0.2) is 9.97 Å². The molecule has 1 aromatic carbocycles. The van der Waals surface area contributed by atoms with Gasteiger partial charge in [0, 0.05) is 5.92 Å². The van der Waals surface area contributed by atoms with E-state index < -0.39 is 0 Å². The number of nitrogens with zero attached hydrogens (tertiary/aromatic N) is 2. The highest BCUT2D eigenvalue weighted by atomic mass is 127. The normalized spacial score (nSPS) is 14.7. The summed E-state index contributed by atoms with van der Waals surface area (Å²) < 4.78 is 1.00. The Labute approximate surface area is 144 Å². The van der Waals surface area contributed by atoms with Gasteiger partial charge in [-0.2, -0.15) is 0 Å². The lowest BCUT2D eigenvalue weighted by molar-refractivity contribution is 0.613. The minimum Gasteiger partial charge on any atom is -0.236 e. The van der Waals surface area contributed by atoms with Crippen molar-refractivity contribution in [3.05, 3.63) is 55.6 Å². The van der Waals surface area contributed by atoms with Crippen LogP contribution >= 0.6 is 34.2 Å². The second kappa shape index (κ2) is 6.21. The molecule has 4 heteroatoms. The molecule has 1 heterocycles. The molecular weight excluding hydrogens is 395 g/mol. The summed E-state index contributed by atoms with van der Waals surface area (Å²) in [6.45, 7) is 4.41. The number of halogens is 2. The summed E-state index contributed by atoms with van der Waals surface area (Å²) in [6, 6.07) is 8.62. The summed E-state index contributed by atoms with van der Waals surface area (Å²) >= 11 is 8.59. The molecular formula is C17H18ClIN2. The van der Waals surface area contributed by atoms with Gasteiger partial charge in [-0.25, -0.2) is 9.97 Å². The molecule has 0 radical (unpaired) electrons. The number of hydrogen-bond acceptors (Lipinski definition) is 2. The van der Waals surface area contributed by atoms with E-state index in [1.165, 1.54) is 11.1 Å². The van der Waals surface area contributed by atoms with Gasteiger partial charge in [-0.15, -0.1) is 0 Å². The predicted octanol–water partition coefficient (Wildman–Crippen LogP) is 4.82. The summed E-state index contributed by atoms with van der Waals surface area (Å²) in [7, 11) is 0. The van der Waals surface area contributed by atoms with Crippen LogP contribution in [0.1, 0.15) is 42.4 Å².